The molecule has 1 atom stereocenters. The molecule has 2 radical (unpaired) electrons. The van der Waals surface area contributed by atoms with E-state index in [0.29, 0.717) is 0 Å². The van der Waals surface area contributed by atoms with Gasteiger partial charge in [-0.2, -0.15) is 0 Å². The highest BCUT2D eigenvalue weighted by Gasteiger charge is 1.97. The first kappa shape index (κ1) is 8.21. The van der Waals surface area contributed by atoms with Gasteiger partial charge in [0.25, 0.3) is 0 Å². The summed E-state index contributed by atoms with van der Waals surface area (Å²) in [6, 6.07) is 0. The average molecular weight is 126 g/mol. The van der Waals surface area contributed by atoms with Crippen molar-refractivity contribution < 1.29 is 9.53 Å². The van der Waals surface area contributed by atoms with Gasteiger partial charge in [0.05, 0.1) is 6.61 Å². The van der Waals surface area contributed by atoms with Gasteiger partial charge >= 0.3 is 5.97 Å². The Balaban J connectivity index is 3.27. The molecule has 1 unspecified atom stereocenters. The summed E-state index contributed by atoms with van der Waals surface area (Å²) in [6.45, 7) is 10.5. The molecule has 0 spiro atoms. The summed E-state index contributed by atoms with van der Waals surface area (Å²) < 4.78 is 4.57. The lowest BCUT2D eigenvalue weighted by Gasteiger charge is -2.02. The Kier molecular flexibility index (Phi) is 3.76. The van der Waals surface area contributed by atoms with E-state index in [1.165, 1.54) is 0 Å². The molecule has 0 aliphatic rings. The van der Waals surface area contributed by atoms with Crippen LogP contribution in [0.3, 0.4) is 0 Å². The highest BCUT2D eigenvalue weighted by molar-refractivity contribution is 5.81. The molecule has 2 heteroatoms. The largest absolute Gasteiger partial charge is 0.462 e. The van der Waals surface area contributed by atoms with Crippen LogP contribution >= 0.6 is 0 Å². The molecule has 0 aliphatic carbocycles. The van der Waals surface area contributed by atoms with Crippen molar-refractivity contribution in [3.05, 3.63) is 19.6 Å². The number of hydrogen-bond donors (Lipinski definition) is 0. The molecule has 0 saturated heterocycles. The van der Waals surface area contributed by atoms with Gasteiger partial charge in [0.1, 0.15) is 0 Å². The highest BCUT2D eigenvalue weighted by atomic mass is 16.5. The van der Waals surface area contributed by atoms with Gasteiger partial charge in [0.15, 0.2) is 0 Å². The molecule has 0 aromatic carbocycles. The minimum Gasteiger partial charge on any atom is -0.462 e. The van der Waals surface area contributed by atoms with E-state index in [1.54, 1.807) is 6.92 Å². The third-order valence-corrected chi connectivity index (χ3v) is 0.655. The number of hydrogen-bond acceptors (Lipinski definition) is 2. The molecule has 0 amide bonds. The maximum atomic E-state index is 10.3. The summed E-state index contributed by atoms with van der Waals surface area (Å²) in [5.41, 5.74) is 0. The number of carbonyl (C=O) groups excluding carboxylic acids is 1. The van der Waals surface area contributed by atoms with Crippen LogP contribution in [0.5, 0.6) is 0 Å². The molecule has 0 aromatic heterocycles. The van der Waals surface area contributed by atoms with Crippen LogP contribution in [0.2, 0.25) is 0 Å². The standard InChI is InChI=1S/C7H10O2/c1-4-7(8)9-5-6(2)3/h2,4,6H,1,5H2,3H3. The number of esters is 1. The molecular weight excluding hydrogens is 116 g/mol. The predicted octanol–water partition coefficient (Wildman–Crippen LogP) is 1.06. The van der Waals surface area contributed by atoms with E-state index < -0.39 is 5.97 Å². The Bertz CT molecular complexity index is 105. The molecule has 0 fully saturated rings. The van der Waals surface area contributed by atoms with Crippen molar-refractivity contribution in [3.8, 4) is 0 Å². The molecule has 2 nitrogen and oxygen atoms in total. The van der Waals surface area contributed by atoms with E-state index >= 15 is 0 Å². The maximum Gasteiger partial charge on any atom is 0.330 e. The third-order valence-electron chi connectivity index (χ3n) is 0.655. The van der Waals surface area contributed by atoms with E-state index in [2.05, 4.69) is 11.3 Å². The molecule has 0 rings (SSSR count). The first-order chi connectivity index (χ1) is 4.16. The Morgan fingerprint density at radius 3 is 2.89 bits per heavy atom. The lowest BCUT2D eigenvalue weighted by atomic mass is 10.2. The van der Waals surface area contributed by atoms with Gasteiger partial charge in [-0.25, -0.2) is 4.79 Å². The summed E-state index contributed by atoms with van der Waals surface area (Å²) in [7, 11) is 0. The van der Waals surface area contributed by atoms with Crippen molar-refractivity contribution in [2.24, 2.45) is 5.92 Å². The Morgan fingerprint density at radius 2 is 2.56 bits per heavy atom. The summed E-state index contributed by atoms with van der Waals surface area (Å²) >= 11 is 0. The Morgan fingerprint density at radius 1 is 2.00 bits per heavy atom. The van der Waals surface area contributed by atoms with Crippen LogP contribution in [0.1, 0.15) is 6.92 Å². The van der Waals surface area contributed by atoms with Gasteiger partial charge in [-0.05, 0) is 12.8 Å². The smallest absolute Gasteiger partial charge is 0.330 e. The molecular formula is C7H10O2. The van der Waals surface area contributed by atoms with Crippen molar-refractivity contribution in [1.82, 2.24) is 0 Å². The highest BCUT2D eigenvalue weighted by Crippen LogP contribution is 1.91. The van der Waals surface area contributed by atoms with Gasteiger partial charge in [-0.3, -0.25) is 0 Å². The summed E-state index contributed by atoms with van der Waals surface area (Å²) in [4.78, 5) is 10.3. The SMILES string of the molecule is [CH]C(C)COC(=O)C=C. The fourth-order valence-corrected chi connectivity index (χ4v) is 0.273. The first-order valence-corrected chi connectivity index (χ1v) is 2.71. The number of rotatable bonds is 3. The summed E-state index contributed by atoms with van der Waals surface area (Å²) in [6.07, 6.45) is 1.11. The molecule has 0 aromatic rings. The topological polar surface area (TPSA) is 26.3 Å². The van der Waals surface area contributed by atoms with Crippen molar-refractivity contribution in [2.75, 3.05) is 6.61 Å². The van der Waals surface area contributed by atoms with Crippen LogP contribution in [-0.4, -0.2) is 12.6 Å². The monoisotopic (exact) mass is 126 g/mol. The van der Waals surface area contributed by atoms with Crippen LogP contribution in [0.4, 0.5) is 0 Å². The van der Waals surface area contributed by atoms with E-state index in [9.17, 15) is 4.79 Å². The Hall–Kier alpha value is -0.790. The zero-order valence-corrected chi connectivity index (χ0v) is 5.46. The minimum absolute atomic E-state index is 0.103. The molecule has 0 heterocycles. The number of ether oxygens (including phenoxy) is 1. The fraction of sp³-hybridized carbons (Fsp3) is 0.429. The summed E-state index contributed by atoms with van der Waals surface area (Å²) in [5, 5.41) is 0. The Labute approximate surface area is 55.5 Å². The van der Waals surface area contributed by atoms with Crippen LogP contribution in [-0.2, 0) is 9.53 Å². The fourth-order valence-electron chi connectivity index (χ4n) is 0.273. The minimum atomic E-state index is -0.424. The second kappa shape index (κ2) is 4.13. The second-order valence-electron chi connectivity index (χ2n) is 1.81. The zero-order chi connectivity index (χ0) is 7.28. The van der Waals surface area contributed by atoms with E-state index in [-0.39, 0.29) is 12.5 Å². The quantitative estimate of drug-likeness (QED) is 0.417. The van der Waals surface area contributed by atoms with Crippen LogP contribution in [0.15, 0.2) is 12.7 Å². The normalized spacial score (nSPS) is 9.22. The summed E-state index contributed by atoms with van der Waals surface area (Å²) in [5.74, 6) is -0.527. The van der Waals surface area contributed by atoms with Crippen LogP contribution < -0.4 is 0 Å². The lowest BCUT2D eigenvalue weighted by Crippen LogP contribution is -2.06. The van der Waals surface area contributed by atoms with Crippen molar-refractivity contribution in [2.45, 2.75) is 6.92 Å². The van der Waals surface area contributed by atoms with Gasteiger partial charge in [0, 0.05) is 6.08 Å². The zero-order valence-electron chi connectivity index (χ0n) is 5.46. The molecule has 0 bridgehead atoms. The van der Waals surface area contributed by atoms with Crippen molar-refractivity contribution >= 4 is 5.97 Å². The van der Waals surface area contributed by atoms with Gasteiger partial charge in [0.2, 0.25) is 0 Å². The molecule has 9 heavy (non-hydrogen) atoms. The molecule has 50 valence electrons. The lowest BCUT2D eigenvalue weighted by molar-refractivity contribution is -0.138. The first-order valence-electron chi connectivity index (χ1n) is 2.71. The maximum absolute atomic E-state index is 10.3. The molecule has 0 saturated carbocycles. The van der Waals surface area contributed by atoms with Crippen molar-refractivity contribution in [1.29, 1.82) is 0 Å². The second-order valence-corrected chi connectivity index (χ2v) is 1.81. The average Bonchev–Trinajstić information content (AvgIpc) is 1.83. The number of carbonyl (C=O) groups is 1. The third kappa shape index (κ3) is 5.07. The molecule has 0 aliphatic heterocycles. The van der Waals surface area contributed by atoms with Gasteiger partial charge < -0.3 is 4.74 Å². The van der Waals surface area contributed by atoms with E-state index in [4.69, 9.17) is 6.92 Å². The molecule has 0 N–H and O–H groups in total. The van der Waals surface area contributed by atoms with Gasteiger partial charge in [-0.15, -0.1) is 0 Å². The van der Waals surface area contributed by atoms with Crippen LogP contribution in [0, 0.1) is 12.8 Å². The van der Waals surface area contributed by atoms with Crippen LogP contribution in [0.25, 0.3) is 0 Å². The van der Waals surface area contributed by atoms with Gasteiger partial charge in [-0.1, -0.05) is 13.5 Å². The van der Waals surface area contributed by atoms with Crippen molar-refractivity contribution in [3.63, 3.8) is 0 Å². The van der Waals surface area contributed by atoms with E-state index in [1.807, 2.05) is 0 Å². The van der Waals surface area contributed by atoms with E-state index in [0.717, 1.165) is 6.08 Å². The predicted molar refractivity (Wildman–Crippen MR) is 34.6 cm³/mol.